The molecule has 0 aliphatic heterocycles. The zero-order valence-corrected chi connectivity index (χ0v) is 21.7. The second kappa shape index (κ2) is 9.26. The van der Waals surface area contributed by atoms with Crippen LogP contribution in [0.5, 0.6) is 0 Å². The van der Waals surface area contributed by atoms with Crippen LogP contribution in [0.4, 0.5) is 0 Å². The van der Waals surface area contributed by atoms with Crippen LogP contribution < -0.4 is 63.3 Å². The first-order valence-corrected chi connectivity index (χ1v) is 10.1. The van der Waals surface area contributed by atoms with Gasteiger partial charge >= 0.3 is 58.2 Å². The van der Waals surface area contributed by atoms with E-state index in [0.717, 1.165) is 32.0 Å². The van der Waals surface area contributed by atoms with Crippen LogP contribution in [-0.2, 0) is 9.53 Å². The Labute approximate surface area is 202 Å². The number of fused-ring (bicyclic) bond motifs is 3. The monoisotopic (exact) mass is 420 g/mol. The largest absolute Gasteiger partial charge is 1.00 e. The van der Waals surface area contributed by atoms with E-state index in [1.54, 1.807) is 0 Å². The van der Waals surface area contributed by atoms with Crippen molar-refractivity contribution in [3.8, 4) is 0 Å². The molecule has 3 saturated carbocycles. The summed E-state index contributed by atoms with van der Waals surface area (Å²) in [7, 11) is 1.87. The second-order valence-corrected chi connectivity index (χ2v) is 9.03. The van der Waals surface area contributed by atoms with Crippen molar-refractivity contribution < 1.29 is 72.8 Å². The van der Waals surface area contributed by atoms with Crippen molar-refractivity contribution in [3.63, 3.8) is 0 Å². The predicted octanol–water partition coefficient (Wildman–Crippen LogP) is 0.594. The summed E-state index contributed by atoms with van der Waals surface area (Å²) in [5.74, 6) is 2.23. The van der Waals surface area contributed by atoms with Gasteiger partial charge in [-0.1, -0.05) is 20.3 Å². The van der Waals surface area contributed by atoms with Gasteiger partial charge in [-0.15, -0.1) is 6.61 Å². The molecule has 138 valence electrons. The fourth-order valence-corrected chi connectivity index (χ4v) is 7.35. The Kier molecular flexibility index (Phi) is 8.40. The number of carbonyl (C=O) groups is 1. The van der Waals surface area contributed by atoms with Gasteiger partial charge < -0.3 is 14.6 Å². The number of rotatable bonds is 6. The van der Waals surface area contributed by atoms with Crippen molar-refractivity contribution in [1.29, 1.82) is 0 Å². The number of carbonyl (C=O) groups excluding carboxylic acids is 1. The molecule has 0 saturated heterocycles. The van der Waals surface area contributed by atoms with Crippen LogP contribution in [0.2, 0.25) is 0 Å². The van der Waals surface area contributed by atoms with E-state index in [9.17, 15) is 9.90 Å². The summed E-state index contributed by atoms with van der Waals surface area (Å²) in [4.78, 5) is 11.2. The van der Waals surface area contributed by atoms with E-state index < -0.39 is 0 Å². The summed E-state index contributed by atoms with van der Waals surface area (Å²) in [6.07, 6.45) is 11.2. The molecule has 0 aromatic carbocycles. The third-order valence-corrected chi connectivity index (χ3v) is 8.40. The molecule has 4 heteroatoms. The standard InChI is InChI=1S/C21H35O3.Rb/c1-4-11-21(14-23)15(10-13-22)5-6-16-17-7-8-19(24-3)20(17,2)12-9-18(16)21;/h13,15-19H,4-12,14H2,1-3H3;/q-1;+1. The van der Waals surface area contributed by atoms with Gasteiger partial charge in [0.25, 0.3) is 0 Å². The molecule has 25 heavy (non-hydrogen) atoms. The number of hydrogen-bond donors (Lipinski definition) is 0. The number of methoxy groups -OCH3 is 1. The molecule has 3 aliphatic rings. The molecule has 0 aromatic rings. The van der Waals surface area contributed by atoms with Gasteiger partial charge in [0.1, 0.15) is 6.29 Å². The first-order chi connectivity index (χ1) is 11.6. The second-order valence-electron chi connectivity index (χ2n) is 9.03. The van der Waals surface area contributed by atoms with Crippen molar-refractivity contribution in [2.24, 2.45) is 34.5 Å². The van der Waals surface area contributed by atoms with Crippen molar-refractivity contribution in [2.45, 2.75) is 77.7 Å². The van der Waals surface area contributed by atoms with E-state index in [-0.39, 0.29) is 70.2 Å². The van der Waals surface area contributed by atoms with E-state index in [1.807, 2.05) is 7.11 Å². The maximum Gasteiger partial charge on any atom is 1.00 e. The van der Waals surface area contributed by atoms with E-state index in [1.165, 1.54) is 25.7 Å². The van der Waals surface area contributed by atoms with Crippen molar-refractivity contribution in [3.05, 3.63) is 0 Å². The molecule has 7 atom stereocenters. The van der Waals surface area contributed by atoms with Gasteiger partial charge in [-0.3, -0.25) is 0 Å². The van der Waals surface area contributed by atoms with Gasteiger partial charge in [-0.05, 0) is 79.4 Å². The van der Waals surface area contributed by atoms with Crippen molar-refractivity contribution in [1.82, 2.24) is 0 Å². The Balaban J connectivity index is 0.00000225. The molecule has 0 radical (unpaired) electrons. The maximum absolute atomic E-state index is 12.5. The third-order valence-electron chi connectivity index (χ3n) is 8.40. The van der Waals surface area contributed by atoms with Crippen molar-refractivity contribution in [2.75, 3.05) is 13.7 Å². The maximum atomic E-state index is 12.5. The van der Waals surface area contributed by atoms with Crippen LogP contribution in [0.3, 0.4) is 0 Å². The van der Waals surface area contributed by atoms with E-state index in [0.29, 0.717) is 41.6 Å². The Morgan fingerprint density at radius 2 is 1.92 bits per heavy atom. The molecule has 0 spiro atoms. The molecular formula is C21H35O3Rb. The normalized spacial score (nSPS) is 46.0. The summed E-state index contributed by atoms with van der Waals surface area (Å²) in [5.41, 5.74) is 0.166. The topological polar surface area (TPSA) is 49.4 Å². The van der Waals surface area contributed by atoms with Gasteiger partial charge in [0.15, 0.2) is 0 Å². The SMILES string of the molecule is CCCC1(C[O-])C(CC=O)CCC2C3CCC(OC)C3(C)CCC21.[Rb+]. The van der Waals surface area contributed by atoms with Gasteiger partial charge in [0.2, 0.25) is 0 Å². The molecular weight excluding hydrogens is 386 g/mol. The van der Waals surface area contributed by atoms with Crippen LogP contribution in [0.1, 0.15) is 71.6 Å². The predicted molar refractivity (Wildman–Crippen MR) is 93.5 cm³/mol. The summed E-state index contributed by atoms with van der Waals surface area (Å²) in [5, 5.41) is 12.5. The minimum absolute atomic E-state index is 0. The number of ether oxygens (including phenoxy) is 1. The molecule has 3 fully saturated rings. The van der Waals surface area contributed by atoms with Crippen LogP contribution in [0, 0.1) is 34.5 Å². The van der Waals surface area contributed by atoms with Gasteiger partial charge in [-0.25, -0.2) is 0 Å². The zero-order valence-electron chi connectivity index (χ0n) is 16.8. The first kappa shape index (κ1) is 22.7. The summed E-state index contributed by atoms with van der Waals surface area (Å²) in [6, 6.07) is 0. The van der Waals surface area contributed by atoms with Gasteiger partial charge in [-0.2, -0.15) is 0 Å². The fraction of sp³-hybridized carbons (Fsp3) is 0.952. The fourth-order valence-electron chi connectivity index (χ4n) is 7.35. The smallest absolute Gasteiger partial charge is 0.854 e. The van der Waals surface area contributed by atoms with Gasteiger partial charge in [0.05, 0.1) is 6.10 Å². The Bertz CT molecular complexity index is 456. The molecule has 3 aliphatic carbocycles. The van der Waals surface area contributed by atoms with Gasteiger partial charge in [0, 0.05) is 13.5 Å². The van der Waals surface area contributed by atoms with Crippen molar-refractivity contribution >= 4 is 6.29 Å². The van der Waals surface area contributed by atoms with Crippen LogP contribution in [0.25, 0.3) is 0 Å². The first-order valence-electron chi connectivity index (χ1n) is 10.1. The minimum atomic E-state index is -0.134. The zero-order chi connectivity index (χ0) is 17.4. The van der Waals surface area contributed by atoms with Crippen LogP contribution in [-0.4, -0.2) is 26.1 Å². The summed E-state index contributed by atoms with van der Waals surface area (Å²) >= 11 is 0. The molecule has 0 aromatic heterocycles. The average molecular weight is 421 g/mol. The van der Waals surface area contributed by atoms with E-state index >= 15 is 0 Å². The van der Waals surface area contributed by atoms with E-state index in [2.05, 4.69) is 13.8 Å². The average Bonchev–Trinajstić information content (AvgIpc) is 2.93. The van der Waals surface area contributed by atoms with Crippen LogP contribution >= 0.6 is 0 Å². The quantitative estimate of drug-likeness (QED) is 0.591. The molecule has 7 unspecified atom stereocenters. The summed E-state index contributed by atoms with van der Waals surface area (Å²) in [6.45, 7) is 4.64. The Morgan fingerprint density at radius 3 is 2.52 bits per heavy atom. The molecule has 0 bridgehead atoms. The third kappa shape index (κ3) is 3.69. The summed E-state index contributed by atoms with van der Waals surface area (Å²) < 4.78 is 5.84. The molecule has 3 rings (SSSR count). The number of hydrogen-bond acceptors (Lipinski definition) is 3. The number of aldehydes is 1. The molecule has 0 heterocycles. The molecule has 3 nitrogen and oxygen atoms in total. The minimum Gasteiger partial charge on any atom is -0.854 e. The van der Waals surface area contributed by atoms with E-state index in [4.69, 9.17) is 4.74 Å². The molecule has 0 N–H and O–H groups in total. The van der Waals surface area contributed by atoms with Crippen LogP contribution in [0.15, 0.2) is 0 Å². The molecule has 0 amide bonds. The Hall–Kier alpha value is 1.40. The Morgan fingerprint density at radius 1 is 1.16 bits per heavy atom.